The third-order valence-corrected chi connectivity index (χ3v) is 10.3. The molecule has 364 valence electrons. The van der Waals surface area contributed by atoms with Gasteiger partial charge in [-0.05, 0) is 69.0 Å². The fourth-order valence-corrected chi connectivity index (χ4v) is 6.70. The second-order valence-corrected chi connectivity index (χ2v) is 15.3. The summed E-state index contributed by atoms with van der Waals surface area (Å²) in [6, 6.07) is 6.96. The van der Waals surface area contributed by atoms with Crippen LogP contribution in [0.15, 0.2) is 59.8 Å². The second kappa shape index (κ2) is 24.6. The predicted molar refractivity (Wildman–Crippen MR) is 251 cm³/mol. The van der Waals surface area contributed by atoms with Crippen LogP contribution in [0.25, 0.3) is 11.2 Å². The van der Waals surface area contributed by atoms with Crippen molar-refractivity contribution in [1.29, 1.82) is 0 Å². The van der Waals surface area contributed by atoms with Gasteiger partial charge in [-0.3, -0.25) is 38.5 Å². The molecule has 0 spiro atoms. The van der Waals surface area contributed by atoms with E-state index in [2.05, 4.69) is 62.5 Å². The van der Waals surface area contributed by atoms with Gasteiger partial charge in [0.2, 0.25) is 23.7 Å². The number of hydrazine groups is 1. The molecule has 2 unspecified atom stereocenters. The smallest absolute Gasteiger partial charge is 0.253 e. The van der Waals surface area contributed by atoms with E-state index in [0.717, 1.165) is 4.90 Å². The predicted octanol–water partition coefficient (Wildman–Crippen LogP) is -1.16. The summed E-state index contributed by atoms with van der Waals surface area (Å²) >= 11 is 0. The SMILES string of the molecule is COc1cc(C(=O)NC(C=O)CCCNC(=O)c2ccc(NC(=O)C(C)NC(=O)CNC(=O)CCCCCN3C(=O)C=CC3=O)cc2/C(N)=N/NN)ccc1NCc1cnc2nc(N)nc(N)c2n1. The molecule has 0 saturated carbocycles. The normalized spacial score (nSPS) is 13.0. The average molecular weight is 952 g/mol. The first-order valence-electron chi connectivity index (χ1n) is 21.4. The first kappa shape index (κ1) is 51.2. The van der Waals surface area contributed by atoms with Crippen LogP contribution in [0.5, 0.6) is 5.75 Å². The van der Waals surface area contributed by atoms with Gasteiger partial charge in [0.25, 0.3) is 23.6 Å². The van der Waals surface area contributed by atoms with Gasteiger partial charge < -0.3 is 58.6 Å². The quantitative estimate of drug-likeness (QED) is 0.00710. The summed E-state index contributed by atoms with van der Waals surface area (Å²) in [4.78, 5) is 117. The van der Waals surface area contributed by atoms with Crippen LogP contribution in [-0.4, -0.2) is 117 Å². The van der Waals surface area contributed by atoms with Crippen molar-refractivity contribution < 1.29 is 43.1 Å². The van der Waals surface area contributed by atoms with Crippen molar-refractivity contribution >= 4 is 87.8 Å². The van der Waals surface area contributed by atoms with Crippen LogP contribution in [-0.2, 0) is 35.3 Å². The molecule has 0 fully saturated rings. The number of aromatic nitrogens is 4. The highest BCUT2D eigenvalue weighted by atomic mass is 16.5. The molecule has 7 amide bonds. The zero-order chi connectivity index (χ0) is 50.0. The summed E-state index contributed by atoms with van der Waals surface area (Å²) in [5.74, 6) is 2.09. The highest BCUT2D eigenvalue weighted by Crippen LogP contribution is 2.27. The topological polar surface area (TPSA) is 401 Å². The number of nitrogens with one attached hydrogen (secondary N) is 7. The molecule has 1 aliphatic heterocycles. The van der Waals surface area contributed by atoms with E-state index in [0.29, 0.717) is 48.2 Å². The van der Waals surface area contributed by atoms with Gasteiger partial charge >= 0.3 is 0 Å². The van der Waals surface area contributed by atoms with Crippen LogP contribution in [0, 0.1) is 0 Å². The average Bonchev–Trinajstić information content (AvgIpc) is 3.65. The minimum absolute atomic E-state index is 0.0184. The minimum atomic E-state index is -1.04. The monoisotopic (exact) mass is 951 g/mol. The Hall–Kier alpha value is -8.81. The Balaban J connectivity index is 1.05. The summed E-state index contributed by atoms with van der Waals surface area (Å²) in [5, 5.41) is 20.0. The Kier molecular flexibility index (Phi) is 18.3. The Morgan fingerprint density at radius 3 is 2.38 bits per heavy atom. The molecule has 26 nitrogen and oxygen atoms in total. The number of methoxy groups -OCH3 is 1. The standard InChI is InChI=1S/C43H53N17O9/c1-23(52-33(63)21-50-32(62)8-4-3-5-16-60-34(64)13-14-35(60)65)40(66)54-25-10-11-28(29(18-25)37(44)58-59-47)42(68)48-15-6-7-26(22-61)55-41(67)24-9-12-30(31(17-24)69-2)49-19-27-20-51-39-36(53-27)38(45)56-43(46)57-39/h9-14,17-18,20,22-23,26,49,59H,3-8,15-16,19,21,47H2,1-2H3,(H2,44,58)(H,48,68)(H,50,62)(H,52,63)(H,54,66)(H,55,67)(H4,45,46,51,56,57). The molecule has 2 aromatic carbocycles. The summed E-state index contributed by atoms with van der Waals surface area (Å²) in [5.41, 5.74) is 21.9. The number of amidine groups is 1. The van der Waals surface area contributed by atoms with E-state index < -0.39 is 35.7 Å². The number of aldehydes is 1. The van der Waals surface area contributed by atoms with Gasteiger partial charge in [0.05, 0.1) is 49.4 Å². The third-order valence-electron chi connectivity index (χ3n) is 10.3. The zero-order valence-electron chi connectivity index (χ0n) is 37.7. The second-order valence-electron chi connectivity index (χ2n) is 15.3. The summed E-state index contributed by atoms with van der Waals surface area (Å²) < 4.78 is 5.50. The molecule has 0 aliphatic carbocycles. The highest BCUT2D eigenvalue weighted by molar-refractivity contribution is 6.13. The zero-order valence-corrected chi connectivity index (χ0v) is 37.7. The van der Waals surface area contributed by atoms with Gasteiger partial charge in [0, 0.05) is 48.5 Å². The Labute approximate surface area is 394 Å². The third kappa shape index (κ3) is 14.6. The maximum Gasteiger partial charge on any atom is 0.253 e. The number of carbonyl (C=O) groups excluding carboxylic acids is 8. The number of fused-ring (bicyclic) bond motifs is 1. The van der Waals surface area contributed by atoms with Gasteiger partial charge in [-0.1, -0.05) is 6.42 Å². The number of rotatable bonds is 25. The van der Waals surface area contributed by atoms with E-state index in [-0.39, 0.29) is 109 Å². The number of hydrogen-bond donors (Lipinski definition) is 11. The minimum Gasteiger partial charge on any atom is -0.495 e. The van der Waals surface area contributed by atoms with Gasteiger partial charge in [-0.25, -0.2) is 21.3 Å². The number of hydrogen-bond acceptors (Lipinski definition) is 19. The molecule has 26 heteroatoms. The molecule has 5 rings (SSSR count). The molecule has 2 atom stereocenters. The number of amides is 7. The van der Waals surface area contributed by atoms with Crippen LogP contribution in [0.1, 0.15) is 77.4 Å². The maximum atomic E-state index is 13.3. The largest absolute Gasteiger partial charge is 0.495 e. The van der Waals surface area contributed by atoms with E-state index in [1.54, 1.807) is 12.1 Å². The molecular weight excluding hydrogens is 899 g/mol. The Bertz CT molecular complexity index is 2640. The highest BCUT2D eigenvalue weighted by Gasteiger charge is 2.23. The Morgan fingerprint density at radius 2 is 1.65 bits per heavy atom. The summed E-state index contributed by atoms with van der Waals surface area (Å²) in [7, 11) is 1.44. The van der Waals surface area contributed by atoms with Crippen molar-refractivity contribution in [3.63, 3.8) is 0 Å². The number of imide groups is 1. The number of hydrazone groups is 1. The number of anilines is 4. The Morgan fingerprint density at radius 1 is 0.884 bits per heavy atom. The van der Waals surface area contributed by atoms with Gasteiger partial charge in [-0.2, -0.15) is 9.97 Å². The van der Waals surface area contributed by atoms with Crippen molar-refractivity contribution in [1.82, 2.24) is 51.6 Å². The first-order valence-corrected chi connectivity index (χ1v) is 21.4. The molecule has 0 bridgehead atoms. The number of unbranched alkanes of at least 4 members (excludes halogenated alkanes) is 2. The van der Waals surface area contributed by atoms with Crippen molar-refractivity contribution in [3.8, 4) is 5.75 Å². The molecule has 3 heterocycles. The van der Waals surface area contributed by atoms with Gasteiger partial charge in [0.15, 0.2) is 22.8 Å². The first-order chi connectivity index (χ1) is 33.1. The molecule has 0 radical (unpaired) electrons. The van der Waals surface area contributed by atoms with Crippen LogP contribution in [0.3, 0.4) is 0 Å². The van der Waals surface area contributed by atoms with Gasteiger partial charge in [-0.15, -0.1) is 5.10 Å². The molecule has 15 N–H and O–H groups in total. The summed E-state index contributed by atoms with van der Waals surface area (Å²) in [6.07, 6.45) is 6.69. The fourth-order valence-electron chi connectivity index (χ4n) is 6.70. The lowest BCUT2D eigenvalue weighted by molar-refractivity contribution is -0.137. The van der Waals surface area contributed by atoms with Crippen LogP contribution in [0.4, 0.5) is 23.1 Å². The fraction of sp³-hybridized carbons (Fsp3) is 0.326. The molecule has 0 saturated heterocycles. The lowest BCUT2D eigenvalue weighted by Crippen LogP contribution is -2.45. The van der Waals surface area contributed by atoms with Crippen molar-refractivity contribution in [2.45, 2.75) is 64.1 Å². The summed E-state index contributed by atoms with van der Waals surface area (Å²) in [6.45, 7) is 1.62. The van der Waals surface area contributed by atoms with E-state index in [9.17, 15) is 38.4 Å². The van der Waals surface area contributed by atoms with Crippen molar-refractivity contribution in [2.24, 2.45) is 16.7 Å². The number of nitrogens with zero attached hydrogens (tertiary/aromatic N) is 6. The molecule has 1 aliphatic rings. The molecule has 2 aromatic heterocycles. The van der Waals surface area contributed by atoms with E-state index in [1.807, 2.05) is 0 Å². The van der Waals surface area contributed by atoms with E-state index >= 15 is 0 Å². The van der Waals surface area contributed by atoms with Crippen LogP contribution in [0.2, 0.25) is 0 Å². The lowest BCUT2D eigenvalue weighted by atomic mass is 10.0. The molecule has 69 heavy (non-hydrogen) atoms. The van der Waals surface area contributed by atoms with Crippen molar-refractivity contribution in [2.75, 3.05) is 48.8 Å². The number of nitrogens with two attached hydrogens (primary N) is 4. The molecular formula is C43H53N17O9. The molecule has 4 aromatic rings. The van der Waals surface area contributed by atoms with Crippen LogP contribution < -0.4 is 65.2 Å². The maximum absolute atomic E-state index is 13.3. The van der Waals surface area contributed by atoms with Crippen LogP contribution >= 0.6 is 0 Å². The number of benzene rings is 2. The number of carbonyl (C=O) groups is 8. The van der Waals surface area contributed by atoms with E-state index in [1.165, 1.54) is 56.6 Å². The number of ether oxygens (including phenoxy) is 1. The number of nitrogen functional groups attached to an aromatic ring is 2. The van der Waals surface area contributed by atoms with Crippen molar-refractivity contribution in [3.05, 3.63) is 77.1 Å². The lowest BCUT2D eigenvalue weighted by Gasteiger charge is -2.17. The van der Waals surface area contributed by atoms with Gasteiger partial charge in [0.1, 0.15) is 18.1 Å². The van der Waals surface area contributed by atoms with E-state index in [4.69, 9.17) is 27.8 Å².